The number of rotatable bonds is 8. The minimum Gasteiger partial charge on any atom is -0.489 e. The van der Waals surface area contributed by atoms with Crippen LogP contribution in [0.3, 0.4) is 0 Å². The summed E-state index contributed by atoms with van der Waals surface area (Å²) in [6, 6.07) is 9.16. The minimum atomic E-state index is -0.702. The molecule has 30 heavy (non-hydrogen) atoms. The highest BCUT2D eigenvalue weighted by atomic mass is 19.1. The van der Waals surface area contributed by atoms with Gasteiger partial charge in [0.15, 0.2) is 0 Å². The molecule has 0 bridgehead atoms. The highest BCUT2D eigenvalue weighted by Gasteiger charge is 2.27. The maximum atomic E-state index is 14.8. The van der Waals surface area contributed by atoms with E-state index in [1.807, 2.05) is 36.1 Å². The average molecular weight is 417 g/mol. The Morgan fingerprint density at radius 1 is 1.33 bits per heavy atom. The summed E-state index contributed by atoms with van der Waals surface area (Å²) in [5, 5.41) is 12.2. The Kier molecular flexibility index (Phi) is 7.10. The molecule has 1 aromatic carbocycles. The first-order valence-electron chi connectivity index (χ1n) is 10.1. The van der Waals surface area contributed by atoms with Gasteiger partial charge in [-0.15, -0.1) is 0 Å². The first-order chi connectivity index (χ1) is 14.3. The molecule has 3 rings (SSSR count). The van der Waals surface area contributed by atoms with Gasteiger partial charge in [0.1, 0.15) is 18.5 Å². The smallest absolute Gasteiger partial charge is 0.252 e. The molecule has 1 fully saturated rings. The quantitative estimate of drug-likeness (QED) is 0.687. The lowest BCUT2D eigenvalue weighted by atomic mass is 10.1. The number of hydrogen-bond acceptors (Lipinski definition) is 6. The van der Waals surface area contributed by atoms with Gasteiger partial charge in [0, 0.05) is 26.1 Å². The summed E-state index contributed by atoms with van der Waals surface area (Å²) in [6.45, 7) is 6.16. The van der Waals surface area contributed by atoms with E-state index in [1.54, 1.807) is 13.0 Å². The van der Waals surface area contributed by atoms with E-state index in [-0.39, 0.29) is 30.5 Å². The van der Waals surface area contributed by atoms with Crippen LogP contribution in [-0.2, 0) is 4.79 Å². The topological polar surface area (TPSA) is 83.9 Å². The van der Waals surface area contributed by atoms with Crippen LogP contribution in [0.2, 0.25) is 0 Å². The van der Waals surface area contributed by atoms with Crippen LogP contribution in [0.15, 0.2) is 36.5 Å². The Bertz CT molecular complexity index is 860. The molecule has 162 valence electrons. The monoisotopic (exact) mass is 417 g/mol. The molecule has 8 heteroatoms. The summed E-state index contributed by atoms with van der Waals surface area (Å²) in [5.74, 6) is 0.0187. The van der Waals surface area contributed by atoms with E-state index in [0.29, 0.717) is 18.8 Å². The van der Waals surface area contributed by atoms with Crippen LogP contribution in [0.4, 0.5) is 10.1 Å². The van der Waals surface area contributed by atoms with Crippen LogP contribution in [0.1, 0.15) is 38.8 Å². The van der Waals surface area contributed by atoms with Crippen LogP contribution >= 0.6 is 0 Å². The summed E-state index contributed by atoms with van der Waals surface area (Å²) >= 11 is 0. The fourth-order valence-corrected chi connectivity index (χ4v) is 3.42. The highest BCUT2D eigenvalue weighted by molar-refractivity contribution is 5.73. The Morgan fingerprint density at radius 3 is 2.73 bits per heavy atom. The van der Waals surface area contributed by atoms with Gasteiger partial charge in [0.25, 0.3) is 5.88 Å². The number of aliphatic hydroxyl groups excluding tert-OH is 1. The van der Waals surface area contributed by atoms with Crippen molar-refractivity contribution < 1.29 is 23.8 Å². The Labute approximate surface area is 175 Å². The standard InChI is InChI=1S/C22H28FN3O4/c1-14(27)13-29-22-21(23)20(8-10-24-22)26-11-9-19(12-26)30-18-6-4-17(5-7-18)15(2)25-16(3)28/h4-8,10,14-15,19,27H,9,11-13H2,1-3H3,(H,25,28)/t14?,15-,19+/m0/s1. The SMILES string of the molecule is CC(=O)N[C@@H](C)c1ccc(O[C@@H]2CCN(c3ccnc(OCC(C)O)c3F)C2)cc1. The third-order valence-corrected chi connectivity index (χ3v) is 4.89. The first kappa shape index (κ1) is 21.8. The van der Waals surface area contributed by atoms with E-state index in [1.165, 1.54) is 13.1 Å². The number of nitrogens with one attached hydrogen (secondary N) is 1. The van der Waals surface area contributed by atoms with Crippen LogP contribution in [0.5, 0.6) is 11.6 Å². The largest absolute Gasteiger partial charge is 0.489 e. The average Bonchev–Trinajstić information content (AvgIpc) is 3.15. The van der Waals surface area contributed by atoms with Gasteiger partial charge in [0.05, 0.1) is 24.4 Å². The van der Waals surface area contributed by atoms with Crippen molar-refractivity contribution in [1.82, 2.24) is 10.3 Å². The Hall–Kier alpha value is -2.87. The number of amides is 1. The maximum Gasteiger partial charge on any atom is 0.252 e. The molecule has 1 aliphatic rings. The third-order valence-electron chi connectivity index (χ3n) is 4.89. The number of hydrogen-bond donors (Lipinski definition) is 2. The molecule has 0 radical (unpaired) electrons. The summed E-state index contributed by atoms with van der Waals surface area (Å²) < 4.78 is 26.1. The number of carbonyl (C=O) groups is 1. The molecular formula is C22H28FN3O4. The van der Waals surface area contributed by atoms with Gasteiger partial charge >= 0.3 is 0 Å². The van der Waals surface area contributed by atoms with Crippen LogP contribution in [0.25, 0.3) is 0 Å². The summed E-state index contributed by atoms with van der Waals surface area (Å²) in [5.41, 5.74) is 1.41. The number of carbonyl (C=O) groups excluding carboxylic acids is 1. The van der Waals surface area contributed by atoms with Crippen molar-refractivity contribution in [1.29, 1.82) is 0 Å². The van der Waals surface area contributed by atoms with Crippen LogP contribution < -0.4 is 19.7 Å². The molecule has 1 aromatic heterocycles. The number of ether oxygens (including phenoxy) is 2. The van der Waals surface area contributed by atoms with Crippen molar-refractivity contribution in [2.75, 3.05) is 24.6 Å². The third kappa shape index (κ3) is 5.60. The second kappa shape index (κ2) is 9.75. The summed E-state index contributed by atoms with van der Waals surface area (Å²) in [6.07, 6.45) is 1.49. The Morgan fingerprint density at radius 2 is 2.07 bits per heavy atom. The lowest BCUT2D eigenvalue weighted by molar-refractivity contribution is -0.119. The van der Waals surface area contributed by atoms with E-state index >= 15 is 0 Å². The van der Waals surface area contributed by atoms with Crippen molar-refractivity contribution in [2.45, 2.75) is 45.4 Å². The molecule has 7 nitrogen and oxygen atoms in total. The van der Waals surface area contributed by atoms with Gasteiger partial charge in [-0.1, -0.05) is 12.1 Å². The fourth-order valence-electron chi connectivity index (χ4n) is 3.42. The van der Waals surface area contributed by atoms with Crippen molar-refractivity contribution in [3.63, 3.8) is 0 Å². The van der Waals surface area contributed by atoms with E-state index in [4.69, 9.17) is 9.47 Å². The molecule has 1 amide bonds. The van der Waals surface area contributed by atoms with Crippen molar-refractivity contribution in [3.8, 4) is 11.6 Å². The van der Waals surface area contributed by atoms with E-state index in [0.717, 1.165) is 17.7 Å². The zero-order valence-electron chi connectivity index (χ0n) is 17.5. The van der Waals surface area contributed by atoms with Gasteiger partial charge in [-0.2, -0.15) is 4.39 Å². The maximum absolute atomic E-state index is 14.8. The molecule has 3 atom stereocenters. The number of anilines is 1. The van der Waals surface area contributed by atoms with Crippen LogP contribution in [0, 0.1) is 5.82 Å². The number of benzene rings is 1. The predicted octanol–water partition coefficient (Wildman–Crippen LogP) is 2.84. The number of aromatic nitrogens is 1. The van der Waals surface area contributed by atoms with Crippen LogP contribution in [-0.4, -0.2) is 47.9 Å². The molecular weight excluding hydrogens is 389 g/mol. The number of aliphatic hydroxyl groups is 1. The van der Waals surface area contributed by atoms with Crippen molar-refractivity contribution in [3.05, 3.63) is 47.9 Å². The van der Waals surface area contributed by atoms with Gasteiger partial charge in [-0.25, -0.2) is 4.98 Å². The summed E-state index contributed by atoms with van der Waals surface area (Å²) in [4.78, 5) is 17.0. The van der Waals surface area contributed by atoms with Gasteiger partial charge in [-0.3, -0.25) is 4.79 Å². The molecule has 0 saturated carbocycles. The molecule has 1 saturated heterocycles. The molecule has 1 unspecified atom stereocenters. The number of pyridine rings is 1. The van der Waals surface area contributed by atoms with Crippen molar-refractivity contribution >= 4 is 11.6 Å². The lowest BCUT2D eigenvalue weighted by Gasteiger charge is -2.21. The summed E-state index contributed by atoms with van der Waals surface area (Å²) in [7, 11) is 0. The molecule has 2 aromatic rings. The Balaban J connectivity index is 1.59. The zero-order valence-corrected chi connectivity index (χ0v) is 17.5. The zero-order chi connectivity index (χ0) is 21.7. The minimum absolute atomic E-state index is 0.0182. The number of nitrogens with zero attached hydrogens (tertiary/aromatic N) is 2. The molecule has 1 aliphatic heterocycles. The second-order valence-corrected chi connectivity index (χ2v) is 7.58. The molecule has 2 N–H and O–H groups in total. The normalized spacial score (nSPS) is 18.0. The second-order valence-electron chi connectivity index (χ2n) is 7.58. The van der Waals surface area contributed by atoms with Gasteiger partial charge in [0.2, 0.25) is 11.7 Å². The van der Waals surface area contributed by atoms with Gasteiger partial charge < -0.3 is 24.8 Å². The predicted molar refractivity (Wildman–Crippen MR) is 111 cm³/mol. The molecule has 2 heterocycles. The molecule has 0 aliphatic carbocycles. The van der Waals surface area contributed by atoms with E-state index in [9.17, 15) is 14.3 Å². The fraction of sp³-hybridized carbons (Fsp3) is 0.455. The first-order valence-corrected chi connectivity index (χ1v) is 10.1. The lowest BCUT2D eigenvalue weighted by Crippen LogP contribution is -2.26. The van der Waals surface area contributed by atoms with E-state index < -0.39 is 11.9 Å². The molecule has 0 spiro atoms. The van der Waals surface area contributed by atoms with Gasteiger partial charge in [-0.05, 0) is 37.6 Å². The van der Waals surface area contributed by atoms with E-state index in [2.05, 4.69) is 10.3 Å². The number of halogens is 1. The highest BCUT2D eigenvalue weighted by Crippen LogP contribution is 2.29. The van der Waals surface area contributed by atoms with Crippen molar-refractivity contribution in [2.24, 2.45) is 0 Å².